The van der Waals surface area contributed by atoms with Crippen LogP contribution in [0.1, 0.15) is 24.8 Å². The highest BCUT2D eigenvalue weighted by atomic mass is 19.4. The molecule has 0 saturated heterocycles. The first-order valence-corrected chi connectivity index (χ1v) is 7.14. The summed E-state index contributed by atoms with van der Waals surface area (Å²) in [5.41, 5.74) is -0.864. The van der Waals surface area contributed by atoms with Crippen LogP contribution in [0, 0.1) is 0 Å². The van der Waals surface area contributed by atoms with E-state index in [1.165, 1.54) is 18.2 Å². The second kappa shape index (κ2) is 6.57. The fraction of sp³-hybridized carbons (Fsp3) is 0.467. The van der Waals surface area contributed by atoms with Crippen molar-refractivity contribution in [2.75, 3.05) is 11.9 Å². The van der Waals surface area contributed by atoms with Crippen LogP contribution in [0.2, 0.25) is 0 Å². The molecule has 2 rings (SSSR count). The minimum atomic E-state index is -4.35. The number of benzene rings is 1. The van der Waals surface area contributed by atoms with Crippen molar-refractivity contribution in [1.82, 2.24) is 5.32 Å². The topological polar surface area (TPSA) is 78.4 Å². The van der Waals surface area contributed by atoms with Gasteiger partial charge in [-0.05, 0) is 37.0 Å². The lowest BCUT2D eigenvalue weighted by Gasteiger charge is -2.36. The Bertz CT molecular complexity index is 598. The van der Waals surface area contributed by atoms with Crippen LogP contribution in [0.4, 0.5) is 18.9 Å². The molecule has 0 atom stereocenters. The Morgan fingerprint density at radius 1 is 1.22 bits per heavy atom. The molecule has 126 valence electrons. The maximum Gasteiger partial charge on any atom is 0.393 e. The van der Waals surface area contributed by atoms with Crippen molar-refractivity contribution < 1.29 is 27.9 Å². The predicted molar refractivity (Wildman–Crippen MR) is 76.6 cm³/mol. The summed E-state index contributed by atoms with van der Waals surface area (Å²) in [6.45, 7) is -0.0205. The van der Waals surface area contributed by atoms with Crippen LogP contribution in [0.25, 0.3) is 0 Å². The smallest absolute Gasteiger partial charge is 0.388 e. The molecule has 1 aromatic rings. The molecule has 0 aromatic heterocycles. The number of aliphatic hydroxyl groups is 1. The molecule has 8 heteroatoms. The van der Waals surface area contributed by atoms with E-state index in [9.17, 15) is 27.9 Å². The van der Waals surface area contributed by atoms with Crippen molar-refractivity contribution in [2.45, 2.75) is 37.5 Å². The number of carbonyl (C=O) groups is 2. The van der Waals surface area contributed by atoms with Gasteiger partial charge in [0.05, 0.1) is 12.0 Å². The molecule has 0 aliphatic heterocycles. The molecule has 0 radical (unpaired) electrons. The Hall–Kier alpha value is -2.09. The highest BCUT2D eigenvalue weighted by molar-refractivity contribution is 6.39. The third-order valence-electron chi connectivity index (χ3n) is 3.66. The molecule has 1 fully saturated rings. The van der Waals surface area contributed by atoms with Crippen molar-refractivity contribution in [2.24, 2.45) is 0 Å². The quantitative estimate of drug-likeness (QED) is 0.736. The third-order valence-corrected chi connectivity index (χ3v) is 3.66. The first-order chi connectivity index (χ1) is 10.7. The van der Waals surface area contributed by atoms with E-state index in [4.69, 9.17) is 0 Å². The summed E-state index contributed by atoms with van der Waals surface area (Å²) < 4.78 is 37.0. The van der Waals surface area contributed by atoms with Crippen LogP contribution in [-0.4, -0.2) is 35.2 Å². The van der Waals surface area contributed by atoms with Gasteiger partial charge in [0.1, 0.15) is 0 Å². The summed E-state index contributed by atoms with van der Waals surface area (Å²) in [5.74, 6) is -1.93. The summed E-state index contributed by atoms with van der Waals surface area (Å²) in [6.07, 6.45) is -3.47. The van der Waals surface area contributed by atoms with Gasteiger partial charge in [-0.25, -0.2) is 0 Å². The van der Waals surface area contributed by atoms with Gasteiger partial charge in [-0.1, -0.05) is 12.1 Å². The van der Waals surface area contributed by atoms with E-state index in [-0.39, 0.29) is 17.8 Å². The van der Waals surface area contributed by atoms with E-state index in [1.807, 2.05) is 0 Å². The monoisotopic (exact) mass is 330 g/mol. The lowest BCUT2D eigenvalue weighted by molar-refractivity contribution is -0.137. The van der Waals surface area contributed by atoms with Crippen LogP contribution in [0.15, 0.2) is 24.3 Å². The summed E-state index contributed by atoms with van der Waals surface area (Å²) in [7, 11) is 0. The largest absolute Gasteiger partial charge is 0.393 e. The zero-order valence-electron chi connectivity index (χ0n) is 12.2. The SMILES string of the molecule is O=C(NCC1(O)CCC1)C(=O)Nc1cccc(CC(F)(F)F)c1. The summed E-state index contributed by atoms with van der Waals surface area (Å²) in [6, 6.07) is 5.21. The van der Waals surface area contributed by atoms with Crippen LogP contribution < -0.4 is 10.6 Å². The molecule has 0 heterocycles. The number of carbonyl (C=O) groups excluding carboxylic acids is 2. The van der Waals surface area contributed by atoms with Gasteiger partial charge in [0.2, 0.25) is 0 Å². The summed E-state index contributed by atoms with van der Waals surface area (Å²) in [4.78, 5) is 23.3. The normalized spacial score (nSPS) is 16.3. The van der Waals surface area contributed by atoms with Gasteiger partial charge in [0.25, 0.3) is 0 Å². The second-order valence-electron chi connectivity index (χ2n) is 5.71. The highest BCUT2D eigenvalue weighted by Crippen LogP contribution is 2.30. The average Bonchev–Trinajstić information content (AvgIpc) is 2.41. The maximum atomic E-state index is 12.3. The molecule has 1 aliphatic rings. The van der Waals surface area contributed by atoms with Crippen molar-refractivity contribution in [1.29, 1.82) is 0 Å². The summed E-state index contributed by atoms with van der Waals surface area (Å²) in [5, 5.41) is 14.4. The van der Waals surface area contributed by atoms with E-state index in [2.05, 4.69) is 10.6 Å². The van der Waals surface area contributed by atoms with E-state index < -0.39 is 30.0 Å². The Kier molecular flexibility index (Phi) is 4.93. The number of anilines is 1. The molecule has 0 bridgehead atoms. The number of hydrogen-bond acceptors (Lipinski definition) is 3. The standard InChI is InChI=1S/C15H17F3N2O3/c16-15(17,18)8-10-3-1-4-11(7-10)20-13(22)12(21)19-9-14(23)5-2-6-14/h1,3-4,7,23H,2,5-6,8-9H2,(H,19,21)(H,20,22). The number of hydrogen-bond donors (Lipinski definition) is 3. The van der Waals surface area contributed by atoms with Crippen molar-refractivity contribution in [3.63, 3.8) is 0 Å². The predicted octanol–water partition coefficient (Wildman–Crippen LogP) is 1.76. The van der Waals surface area contributed by atoms with Gasteiger partial charge in [0, 0.05) is 12.2 Å². The average molecular weight is 330 g/mol. The van der Waals surface area contributed by atoms with E-state index >= 15 is 0 Å². The highest BCUT2D eigenvalue weighted by Gasteiger charge is 2.35. The Morgan fingerprint density at radius 3 is 2.48 bits per heavy atom. The molecular formula is C15H17F3N2O3. The summed E-state index contributed by atoms with van der Waals surface area (Å²) >= 11 is 0. The molecule has 1 aliphatic carbocycles. The van der Waals surface area contributed by atoms with Crippen LogP contribution >= 0.6 is 0 Å². The number of halogens is 3. The van der Waals surface area contributed by atoms with Gasteiger partial charge in [-0.15, -0.1) is 0 Å². The molecule has 3 N–H and O–H groups in total. The van der Waals surface area contributed by atoms with Gasteiger partial charge in [0.15, 0.2) is 0 Å². The first kappa shape index (κ1) is 17.3. The van der Waals surface area contributed by atoms with Crippen molar-refractivity contribution >= 4 is 17.5 Å². The number of nitrogens with one attached hydrogen (secondary N) is 2. The molecule has 1 saturated carbocycles. The van der Waals surface area contributed by atoms with Crippen LogP contribution in [-0.2, 0) is 16.0 Å². The third kappa shape index (κ3) is 5.24. The second-order valence-corrected chi connectivity index (χ2v) is 5.71. The van der Waals surface area contributed by atoms with E-state index in [0.717, 1.165) is 12.5 Å². The van der Waals surface area contributed by atoms with Crippen molar-refractivity contribution in [3.8, 4) is 0 Å². The first-order valence-electron chi connectivity index (χ1n) is 7.14. The number of amides is 2. The zero-order valence-corrected chi connectivity index (χ0v) is 12.2. The van der Waals surface area contributed by atoms with Gasteiger partial charge >= 0.3 is 18.0 Å². The molecular weight excluding hydrogens is 313 g/mol. The van der Waals surface area contributed by atoms with Gasteiger partial charge in [-0.3, -0.25) is 9.59 Å². The van der Waals surface area contributed by atoms with Gasteiger partial charge < -0.3 is 15.7 Å². The minimum Gasteiger partial charge on any atom is -0.388 e. The maximum absolute atomic E-state index is 12.3. The fourth-order valence-electron chi connectivity index (χ4n) is 2.27. The Balaban J connectivity index is 1.89. The molecule has 1 aromatic carbocycles. The Morgan fingerprint density at radius 2 is 1.91 bits per heavy atom. The molecule has 2 amide bonds. The molecule has 5 nitrogen and oxygen atoms in total. The van der Waals surface area contributed by atoms with E-state index in [1.54, 1.807) is 0 Å². The molecule has 23 heavy (non-hydrogen) atoms. The minimum absolute atomic E-state index is 0.0144. The molecule has 0 spiro atoms. The lowest BCUT2D eigenvalue weighted by Crippen LogP contribution is -2.49. The van der Waals surface area contributed by atoms with E-state index in [0.29, 0.717) is 12.8 Å². The number of alkyl halides is 3. The van der Waals surface area contributed by atoms with Gasteiger partial charge in [-0.2, -0.15) is 13.2 Å². The number of rotatable bonds is 4. The molecule has 0 unspecified atom stereocenters. The fourth-order valence-corrected chi connectivity index (χ4v) is 2.27. The van der Waals surface area contributed by atoms with Crippen LogP contribution in [0.5, 0.6) is 0 Å². The lowest BCUT2D eigenvalue weighted by atomic mass is 9.80. The van der Waals surface area contributed by atoms with Crippen molar-refractivity contribution in [3.05, 3.63) is 29.8 Å². The zero-order chi connectivity index (χ0) is 17.1. The van der Waals surface area contributed by atoms with Crippen LogP contribution in [0.3, 0.4) is 0 Å². The Labute approximate surface area is 130 Å².